The molecule has 0 saturated carbocycles. The van der Waals surface area contributed by atoms with Crippen LogP contribution in [0.3, 0.4) is 0 Å². The predicted octanol–water partition coefficient (Wildman–Crippen LogP) is 1.61. The van der Waals surface area contributed by atoms with Crippen LogP contribution in [0.25, 0.3) is 0 Å². The summed E-state index contributed by atoms with van der Waals surface area (Å²) < 4.78 is 0. The first kappa shape index (κ1) is 13.9. The lowest BCUT2D eigenvalue weighted by Gasteiger charge is -2.51. The Labute approximate surface area is 100 Å². The average Bonchev–Trinajstić information content (AvgIpc) is 2.07. The topological polar surface area (TPSA) is 35.5 Å². The van der Waals surface area contributed by atoms with Crippen LogP contribution in [0.5, 0.6) is 0 Å². The number of aliphatic hydroxyl groups is 1. The Balaban J connectivity index is 2.42. The van der Waals surface area contributed by atoms with E-state index in [1.54, 1.807) is 0 Å². The maximum absolute atomic E-state index is 8.84. The summed E-state index contributed by atoms with van der Waals surface area (Å²) in [5, 5.41) is 12.2. The van der Waals surface area contributed by atoms with Gasteiger partial charge in [0, 0.05) is 30.2 Å². The van der Waals surface area contributed by atoms with Crippen LogP contribution in [-0.4, -0.2) is 46.8 Å². The Kier molecular flexibility index (Phi) is 4.38. The molecule has 0 aromatic rings. The molecule has 1 saturated heterocycles. The number of β-amino-alcohol motifs (C(OH)–C–C–N with tert-alkyl or cyclic N) is 1. The van der Waals surface area contributed by atoms with Crippen LogP contribution in [0, 0.1) is 0 Å². The second-order valence-corrected chi connectivity index (χ2v) is 6.55. The van der Waals surface area contributed by atoms with Crippen molar-refractivity contribution in [3.05, 3.63) is 0 Å². The summed E-state index contributed by atoms with van der Waals surface area (Å²) >= 11 is 0. The van der Waals surface area contributed by atoms with Crippen molar-refractivity contribution >= 4 is 0 Å². The van der Waals surface area contributed by atoms with Gasteiger partial charge in [0.15, 0.2) is 0 Å². The maximum Gasteiger partial charge on any atom is 0.0556 e. The minimum absolute atomic E-state index is 0.122. The zero-order valence-corrected chi connectivity index (χ0v) is 11.5. The van der Waals surface area contributed by atoms with E-state index in [2.05, 4.69) is 44.8 Å². The van der Waals surface area contributed by atoms with E-state index >= 15 is 0 Å². The van der Waals surface area contributed by atoms with Crippen molar-refractivity contribution in [3.8, 4) is 0 Å². The number of nitrogens with one attached hydrogen (secondary N) is 1. The van der Waals surface area contributed by atoms with Gasteiger partial charge in [-0.2, -0.15) is 0 Å². The number of likely N-dealkylation sites (tertiary alicyclic amines) is 1. The lowest BCUT2D eigenvalue weighted by Crippen LogP contribution is -2.60. The molecule has 2 N–H and O–H groups in total. The first-order valence-corrected chi connectivity index (χ1v) is 6.39. The normalized spacial score (nSPS) is 23.2. The molecule has 1 rings (SSSR count). The van der Waals surface area contributed by atoms with Crippen molar-refractivity contribution in [2.45, 2.75) is 64.6 Å². The number of nitrogens with zero attached hydrogens (tertiary/aromatic N) is 1. The third kappa shape index (κ3) is 3.72. The van der Waals surface area contributed by atoms with E-state index < -0.39 is 0 Å². The molecule has 3 heteroatoms. The molecule has 1 unspecified atom stereocenters. The standard InChI is InChI=1S/C13H28N2O/c1-12(2,3)15-8-6-11(15)10-13(4,5)14-7-9-16/h11,14,16H,6-10H2,1-5H3. The predicted molar refractivity (Wildman–Crippen MR) is 68.6 cm³/mol. The molecular formula is C13H28N2O. The first-order chi connectivity index (χ1) is 7.26. The van der Waals surface area contributed by atoms with E-state index in [9.17, 15) is 0 Å². The Hall–Kier alpha value is -0.120. The van der Waals surface area contributed by atoms with Gasteiger partial charge in [0.2, 0.25) is 0 Å². The summed E-state index contributed by atoms with van der Waals surface area (Å²) in [6.45, 7) is 13.4. The van der Waals surface area contributed by atoms with E-state index in [4.69, 9.17) is 5.11 Å². The quantitative estimate of drug-likeness (QED) is 0.750. The van der Waals surface area contributed by atoms with Gasteiger partial charge in [0.25, 0.3) is 0 Å². The molecule has 16 heavy (non-hydrogen) atoms. The minimum atomic E-state index is 0.122. The van der Waals surface area contributed by atoms with Gasteiger partial charge < -0.3 is 10.4 Å². The highest BCUT2D eigenvalue weighted by atomic mass is 16.3. The lowest BCUT2D eigenvalue weighted by molar-refractivity contribution is -0.0141. The van der Waals surface area contributed by atoms with Gasteiger partial charge in [0.05, 0.1) is 6.61 Å². The Bertz CT molecular complexity index is 220. The number of aliphatic hydroxyl groups excluding tert-OH is 1. The van der Waals surface area contributed by atoms with Crippen LogP contribution in [-0.2, 0) is 0 Å². The highest BCUT2D eigenvalue weighted by Crippen LogP contribution is 2.32. The molecule has 1 atom stereocenters. The zero-order chi connectivity index (χ0) is 12.4. The van der Waals surface area contributed by atoms with Gasteiger partial charge in [-0.25, -0.2) is 0 Å². The minimum Gasteiger partial charge on any atom is -0.395 e. The van der Waals surface area contributed by atoms with Gasteiger partial charge in [-0.3, -0.25) is 4.90 Å². The third-order valence-electron chi connectivity index (χ3n) is 3.47. The van der Waals surface area contributed by atoms with Crippen molar-refractivity contribution in [2.75, 3.05) is 19.7 Å². The monoisotopic (exact) mass is 228 g/mol. The molecule has 0 amide bonds. The van der Waals surface area contributed by atoms with Crippen molar-refractivity contribution in [2.24, 2.45) is 0 Å². The van der Waals surface area contributed by atoms with E-state index in [1.165, 1.54) is 13.0 Å². The van der Waals surface area contributed by atoms with E-state index in [1.807, 2.05) is 0 Å². The second kappa shape index (κ2) is 5.03. The number of hydrogen-bond donors (Lipinski definition) is 2. The lowest BCUT2D eigenvalue weighted by atomic mass is 9.84. The fraction of sp³-hybridized carbons (Fsp3) is 1.00. The van der Waals surface area contributed by atoms with Crippen molar-refractivity contribution in [1.82, 2.24) is 10.2 Å². The molecular weight excluding hydrogens is 200 g/mol. The number of rotatable bonds is 5. The fourth-order valence-electron chi connectivity index (χ4n) is 2.59. The maximum atomic E-state index is 8.84. The molecule has 0 bridgehead atoms. The Morgan fingerprint density at radius 3 is 2.25 bits per heavy atom. The molecule has 1 heterocycles. The summed E-state index contributed by atoms with van der Waals surface area (Å²) in [5.41, 5.74) is 0.410. The zero-order valence-electron chi connectivity index (χ0n) is 11.5. The molecule has 1 aliphatic heterocycles. The van der Waals surface area contributed by atoms with Gasteiger partial charge in [-0.15, -0.1) is 0 Å². The van der Waals surface area contributed by atoms with E-state index in [-0.39, 0.29) is 17.7 Å². The highest BCUT2D eigenvalue weighted by molar-refractivity contribution is 4.95. The molecule has 3 nitrogen and oxygen atoms in total. The number of hydrogen-bond acceptors (Lipinski definition) is 3. The largest absolute Gasteiger partial charge is 0.395 e. The molecule has 1 aliphatic rings. The summed E-state index contributed by atoms with van der Waals surface area (Å²) in [6.07, 6.45) is 2.46. The van der Waals surface area contributed by atoms with Crippen molar-refractivity contribution in [1.29, 1.82) is 0 Å². The highest BCUT2D eigenvalue weighted by Gasteiger charge is 2.38. The molecule has 0 aromatic carbocycles. The van der Waals surface area contributed by atoms with Crippen LogP contribution in [0.2, 0.25) is 0 Å². The smallest absolute Gasteiger partial charge is 0.0556 e. The fourth-order valence-corrected chi connectivity index (χ4v) is 2.59. The van der Waals surface area contributed by atoms with Crippen LogP contribution in [0.4, 0.5) is 0 Å². The Morgan fingerprint density at radius 2 is 1.88 bits per heavy atom. The molecule has 0 aliphatic carbocycles. The molecule has 1 fully saturated rings. The molecule has 96 valence electrons. The van der Waals surface area contributed by atoms with E-state index in [0.717, 1.165) is 6.42 Å². The van der Waals surface area contributed by atoms with Crippen LogP contribution in [0.1, 0.15) is 47.5 Å². The van der Waals surface area contributed by atoms with Crippen molar-refractivity contribution in [3.63, 3.8) is 0 Å². The third-order valence-corrected chi connectivity index (χ3v) is 3.47. The molecule has 0 spiro atoms. The second-order valence-electron chi connectivity index (χ2n) is 6.55. The van der Waals surface area contributed by atoms with Gasteiger partial charge >= 0.3 is 0 Å². The van der Waals surface area contributed by atoms with Gasteiger partial charge in [-0.05, 0) is 47.5 Å². The van der Waals surface area contributed by atoms with Crippen LogP contribution >= 0.6 is 0 Å². The summed E-state index contributed by atoms with van der Waals surface area (Å²) in [7, 11) is 0. The first-order valence-electron chi connectivity index (χ1n) is 6.39. The summed E-state index contributed by atoms with van der Waals surface area (Å²) in [4.78, 5) is 2.58. The Morgan fingerprint density at radius 1 is 1.25 bits per heavy atom. The SMILES string of the molecule is CC(C)(CC1CCN1C(C)(C)C)NCCO. The van der Waals surface area contributed by atoms with Crippen LogP contribution < -0.4 is 5.32 Å². The average molecular weight is 228 g/mol. The van der Waals surface area contributed by atoms with Crippen LogP contribution in [0.15, 0.2) is 0 Å². The van der Waals surface area contributed by atoms with Gasteiger partial charge in [0.1, 0.15) is 0 Å². The van der Waals surface area contributed by atoms with E-state index in [0.29, 0.717) is 12.6 Å². The summed E-state index contributed by atoms with van der Waals surface area (Å²) in [5.74, 6) is 0. The van der Waals surface area contributed by atoms with Crippen molar-refractivity contribution < 1.29 is 5.11 Å². The van der Waals surface area contributed by atoms with Gasteiger partial charge in [-0.1, -0.05) is 0 Å². The summed E-state index contributed by atoms with van der Waals surface area (Å²) in [6, 6.07) is 0.696. The molecule has 0 aromatic heterocycles. The molecule has 0 radical (unpaired) electrons.